The van der Waals surface area contributed by atoms with Crippen molar-refractivity contribution in [3.8, 4) is 5.69 Å². The van der Waals surface area contributed by atoms with E-state index in [1.165, 1.54) is 6.21 Å². The van der Waals surface area contributed by atoms with E-state index in [2.05, 4.69) is 15.8 Å². The van der Waals surface area contributed by atoms with Gasteiger partial charge in [-0.2, -0.15) is 5.10 Å². The van der Waals surface area contributed by atoms with Gasteiger partial charge in [0.1, 0.15) is 0 Å². The number of halogens is 3. The molecule has 0 aliphatic carbocycles. The molecule has 154 valence electrons. The molecule has 0 bridgehead atoms. The molecule has 0 saturated carbocycles. The van der Waals surface area contributed by atoms with E-state index in [9.17, 15) is 9.59 Å². The number of aryl methyl sites for hydroxylation is 1. The van der Waals surface area contributed by atoms with E-state index in [0.717, 1.165) is 22.6 Å². The first-order valence-corrected chi connectivity index (χ1v) is 9.94. The molecule has 0 saturated heterocycles. The molecule has 1 aromatic heterocycles. The van der Waals surface area contributed by atoms with Gasteiger partial charge in [0.05, 0.1) is 16.3 Å². The first-order chi connectivity index (χ1) is 14.3. The van der Waals surface area contributed by atoms with Crippen LogP contribution >= 0.6 is 34.8 Å². The van der Waals surface area contributed by atoms with Gasteiger partial charge in [-0.15, -0.1) is 0 Å². The Morgan fingerprint density at radius 2 is 1.63 bits per heavy atom. The molecule has 0 spiro atoms. The number of hydrogen-bond donors (Lipinski definition) is 2. The summed E-state index contributed by atoms with van der Waals surface area (Å²) in [4.78, 5) is 23.9. The van der Waals surface area contributed by atoms with Crippen LogP contribution in [0.25, 0.3) is 5.69 Å². The monoisotopic (exact) mass is 462 g/mol. The second-order valence-corrected chi connectivity index (χ2v) is 7.67. The van der Waals surface area contributed by atoms with Gasteiger partial charge in [-0.1, -0.05) is 34.8 Å². The lowest BCUT2D eigenvalue weighted by Crippen LogP contribution is -2.32. The molecule has 0 aliphatic heterocycles. The Balaban J connectivity index is 1.69. The van der Waals surface area contributed by atoms with Crippen molar-refractivity contribution >= 4 is 58.5 Å². The van der Waals surface area contributed by atoms with E-state index in [4.69, 9.17) is 34.8 Å². The Hall–Kier alpha value is -2.80. The molecular formula is C21H17Cl3N4O2. The quantitative estimate of drug-likeness (QED) is 0.319. The fraction of sp³-hybridized carbons (Fsp3) is 0.0952. The number of hydrogen-bond acceptors (Lipinski definition) is 3. The van der Waals surface area contributed by atoms with Crippen LogP contribution in [-0.2, 0) is 9.59 Å². The Morgan fingerprint density at radius 1 is 0.933 bits per heavy atom. The SMILES string of the molecule is Cc1cc(/C=N\NC(=O)C(=O)Nc2ccc(Cl)cc2)c(C)n1-c1ccc(Cl)c(Cl)c1. The zero-order chi connectivity index (χ0) is 21.8. The summed E-state index contributed by atoms with van der Waals surface area (Å²) in [6.45, 7) is 3.84. The standard InChI is InChI=1S/C21H17Cl3N4O2/c1-12-9-14(13(2)28(12)17-7-8-18(23)19(24)10-17)11-25-27-21(30)20(29)26-16-5-3-15(22)4-6-16/h3-11H,1-2H3,(H,26,29)(H,27,30)/b25-11-. The van der Waals surface area contributed by atoms with Crippen LogP contribution in [0.1, 0.15) is 17.0 Å². The number of carbonyl (C=O) groups excluding carboxylic acids is 2. The molecule has 0 radical (unpaired) electrons. The Morgan fingerprint density at radius 3 is 2.30 bits per heavy atom. The van der Waals surface area contributed by atoms with Crippen molar-refractivity contribution in [2.45, 2.75) is 13.8 Å². The van der Waals surface area contributed by atoms with Crippen LogP contribution in [0, 0.1) is 13.8 Å². The molecule has 3 rings (SSSR count). The third kappa shape index (κ3) is 5.02. The molecule has 0 atom stereocenters. The molecule has 1 heterocycles. The van der Waals surface area contributed by atoms with E-state index in [1.54, 1.807) is 36.4 Å². The maximum absolute atomic E-state index is 12.0. The van der Waals surface area contributed by atoms with Crippen LogP contribution in [0.2, 0.25) is 15.1 Å². The van der Waals surface area contributed by atoms with Crippen LogP contribution < -0.4 is 10.7 Å². The van der Waals surface area contributed by atoms with E-state index in [1.807, 2.05) is 30.5 Å². The van der Waals surface area contributed by atoms with Crippen LogP contribution in [0.3, 0.4) is 0 Å². The third-order valence-electron chi connectivity index (χ3n) is 4.31. The highest BCUT2D eigenvalue weighted by atomic mass is 35.5. The molecular weight excluding hydrogens is 447 g/mol. The van der Waals surface area contributed by atoms with Crippen molar-refractivity contribution in [3.63, 3.8) is 0 Å². The van der Waals surface area contributed by atoms with E-state index in [0.29, 0.717) is 20.8 Å². The predicted molar refractivity (Wildman–Crippen MR) is 121 cm³/mol. The number of hydrazone groups is 1. The van der Waals surface area contributed by atoms with Gasteiger partial charge in [-0.05, 0) is 62.4 Å². The van der Waals surface area contributed by atoms with Gasteiger partial charge in [0, 0.05) is 33.3 Å². The van der Waals surface area contributed by atoms with Crippen molar-refractivity contribution in [1.29, 1.82) is 0 Å². The number of rotatable bonds is 4. The maximum atomic E-state index is 12.0. The fourth-order valence-electron chi connectivity index (χ4n) is 2.87. The van der Waals surface area contributed by atoms with Gasteiger partial charge < -0.3 is 9.88 Å². The smallest absolute Gasteiger partial charge is 0.318 e. The lowest BCUT2D eigenvalue weighted by Gasteiger charge is -2.10. The average Bonchev–Trinajstić information content (AvgIpc) is 2.99. The summed E-state index contributed by atoms with van der Waals surface area (Å²) in [7, 11) is 0. The average molecular weight is 464 g/mol. The molecule has 9 heteroatoms. The van der Waals surface area contributed by atoms with E-state index < -0.39 is 11.8 Å². The summed E-state index contributed by atoms with van der Waals surface area (Å²) in [5, 5.41) is 7.81. The highest BCUT2D eigenvalue weighted by molar-refractivity contribution is 6.42. The highest BCUT2D eigenvalue weighted by Crippen LogP contribution is 2.27. The molecule has 0 fully saturated rings. The van der Waals surface area contributed by atoms with Gasteiger partial charge in [0.25, 0.3) is 0 Å². The van der Waals surface area contributed by atoms with E-state index >= 15 is 0 Å². The summed E-state index contributed by atoms with van der Waals surface area (Å²) in [5.74, 6) is -1.73. The lowest BCUT2D eigenvalue weighted by atomic mass is 10.2. The molecule has 2 amide bonds. The molecule has 2 aromatic carbocycles. The molecule has 2 N–H and O–H groups in total. The van der Waals surface area contributed by atoms with Crippen molar-refractivity contribution < 1.29 is 9.59 Å². The number of aromatic nitrogens is 1. The Bertz CT molecular complexity index is 1140. The van der Waals surface area contributed by atoms with Crippen molar-refractivity contribution in [2.75, 3.05) is 5.32 Å². The van der Waals surface area contributed by atoms with Gasteiger partial charge in [-0.25, -0.2) is 5.43 Å². The van der Waals surface area contributed by atoms with Gasteiger partial charge in [-0.3, -0.25) is 9.59 Å². The Kier molecular flexibility index (Phi) is 6.82. The van der Waals surface area contributed by atoms with Gasteiger partial charge >= 0.3 is 11.8 Å². The second-order valence-electron chi connectivity index (χ2n) is 6.42. The zero-order valence-corrected chi connectivity index (χ0v) is 18.3. The van der Waals surface area contributed by atoms with Crippen LogP contribution in [-0.4, -0.2) is 22.6 Å². The topological polar surface area (TPSA) is 75.5 Å². The normalized spacial score (nSPS) is 11.0. The summed E-state index contributed by atoms with van der Waals surface area (Å²) in [5.41, 5.74) is 6.13. The van der Waals surface area contributed by atoms with Gasteiger partial charge in [0.15, 0.2) is 0 Å². The molecule has 3 aromatic rings. The number of benzene rings is 2. The third-order valence-corrected chi connectivity index (χ3v) is 5.30. The maximum Gasteiger partial charge on any atom is 0.329 e. The first kappa shape index (κ1) is 21.9. The van der Waals surface area contributed by atoms with Crippen LogP contribution in [0.5, 0.6) is 0 Å². The highest BCUT2D eigenvalue weighted by Gasteiger charge is 2.14. The fourth-order valence-corrected chi connectivity index (χ4v) is 3.29. The number of anilines is 1. The van der Waals surface area contributed by atoms with Crippen molar-refractivity contribution in [3.05, 3.63) is 80.6 Å². The number of carbonyl (C=O) groups is 2. The molecule has 0 aliphatic rings. The van der Waals surface area contributed by atoms with E-state index in [-0.39, 0.29) is 0 Å². The van der Waals surface area contributed by atoms with Crippen molar-refractivity contribution in [2.24, 2.45) is 5.10 Å². The molecule has 0 unspecified atom stereocenters. The minimum Gasteiger partial charge on any atom is -0.318 e. The minimum atomic E-state index is -0.889. The summed E-state index contributed by atoms with van der Waals surface area (Å²) >= 11 is 17.9. The van der Waals surface area contributed by atoms with Crippen LogP contribution in [0.15, 0.2) is 53.6 Å². The summed E-state index contributed by atoms with van der Waals surface area (Å²) in [6, 6.07) is 13.7. The molecule has 30 heavy (non-hydrogen) atoms. The summed E-state index contributed by atoms with van der Waals surface area (Å²) in [6.07, 6.45) is 1.48. The Labute approximate surface area is 188 Å². The largest absolute Gasteiger partial charge is 0.329 e. The molecule has 6 nitrogen and oxygen atoms in total. The number of nitrogens with one attached hydrogen (secondary N) is 2. The second kappa shape index (κ2) is 9.34. The lowest BCUT2D eigenvalue weighted by molar-refractivity contribution is -0.136. The minimum absolute atomic E-state index is 0.453. The predicted octanol–water partition coefficient (Wildman–Crippen LogP) is 5.14. The number of amides is 2. The first-order valence-electron chi connectivity index (χ1n) is 8.80. The van der Waals surface area contributed by atoms with Crippen molar-refractivity contribution in [1.82, 2.24) is 9.99 Å². The van der Waals surface area contributed by atoms with Crippen LogP contribution in [0.4, 0.5) is 5.69 Å². The van der Waals surface area contributed by atoms with Gasteiger partial charge in [0.2, 0.25) is 0 Å². The zero-order valence-electron chi connectivity index (χ0n) is 16.0. The summed E-state index contributed by atoms with van der Waals surface area (Å²) < 4.78 is 1.98. The number of nitrogens with zero attached hydrogens (tertiary/aromatic N) is 2.